The molecule has 0 bridgehead atoms. The van der Waals surface area contributed by atoms with E-state index in [0.29, 0.717) is 18.1 Å². The van der Waals surface area contributed by atoms with Gasteiger partial charge in [-0.05, 0) is 24.6 Å². The van der Waals surface area contributed by atoms with Gasteiger partial charge in [0.1, 0.15) is 5.75 Å². The molecule has 0 aliphatic heterocycles. The second kappa shape index (κ2) is 10.2. The van der Waals surface area contributed by atoms with Gasteiger partial charge in [-0.15, -0.1) is 37.1 Å². The van der Waals surface area contributed by atoms with Crippen LogP contribution < -0.4 is 15.4 Å². The lowest BCUT2D eigenvalue weighted by Gasteiger charge is -2.15. The van der Waals surface area contributed by atoms with Gasteiger partial charge < -0.3 is 15.4 Å². The first-order valence-corrected chi connectivity index (χ1v) is 7.57. The molecule has 2 rings (SSSR count). The number of guanidine groups is 1. The predicted octanol–water partition coefficient (Wildman–Crippen LogP) is 3.77. The lowest BCUT2D eigenvalue weighted by molar-refractivity contribution is -0.274. The Labute approximate surface area is 167 Å². The molecule has 0 saturated carbocycles. The second-order valence-corrected chi connectivity index (χ2v) is 5.20. The van der Waals surface area contributed by atoms with E-state index in [0.717, 1.165) is 11.3 Å². The maximum absolute atomic E-state index is 12.4. The van der Waals surface area contributed by atoms with Crippen LogP contribution in [-0.4, -0.2) is 24.4 Å². The van der Waals surface area contributed by atoms with Crippen molar-refractivity contribution in [2.75, 3.05) is 7.05 Å². The van der Waals surface area contributed by atoms with E-state index in [1.165, 1.54) is 12.1 Å². The Morgan fingerprint density at radius 3 is 2.46 bits per heavy atom. The number of hydrogen-bond acceptors (Lipinski definition) is 3. The molecule has 2 aromatic rings. The number of para-hydroxylation sites is 1. The van der Waals surface area contributed by atoms with Crippen LogP contribution in [0.25, 0.3) is 0 Å². The molecule has 9 heteroatoms. The van der Waals surface area contributed by atoms with Crippen molar-refractivity contribution in [1.82, 2.24) is 15.6 Å². The number of ether oxygens (including phenoxy) is 1. The topological polar surface area (TPSA) is 58.5 Å². The van der Waals surface area contributed by atoms with Crippen LogP contribution in [0.4, 0.5) is 13.2 Å². The number of pyridine rings is 1. The average molecular weight is 480 g/mol. The van der Waals surface area contributed by atoms with E-state index in [4.69, 9.17) is 0 Å². The quantitative estimate of drug-likeness (QED) is 0.389. The molecule has 0 aliphatic carbocycles. The Hall–Kier alpha value is -2.04. The Balaban J connectivity index is 0.00000338. The Morgan fingerprint density at radius 1 is 1.12 bits per heavy atom. The molecule has 1 aromatic heterocycles. The molecule has 0 fully saturated rings. The molecule has 1 aromatic carbocycles. The number of halogens is 4. The van der Waals surface area contributed by atoms with E-state index in [-0.39, 0.29) is 36.3 Å². The maximum Gasteiger partial charge on any atom is 0.573 e. The van der Waals surface area contributed by atoms with Gasteiger partial charge in [0, 0.05) is 25.4 Å². The normalized spacial score (nSPS) is 11.5. The summed E-state index contributed by atoms with van der Waals surface area (Å²) < 4.78 is 41.4. The molecule has 142 valence electrons. The minimum Gasteiger partial charge on any atom is -0.405 e. The van der Waals surface area contributed by atoms with Gasteiger partial charge in [0.05, 0.1) is 12.2 Å². The number of alkyl halides is 3. The van der Waals surface area contributed by atoms with Crippen LogP contribution in [0.2, 0.25) is 0 Å². The molecule has 0 spiro atoms. The number of benzene rings is 1. The first-order valence-electron chi connectivity index (χ1n) is 7.57. The van der Waals surface area contributed by atoms with Gasteiger partial charge in [-0.1, -0.05) is 24.3 Å². The van der Waals surface area contributed by atoms with E-state index in [1.807, 2.05) is 19.1 Å². The first-order chi connectivity index (χ1) is 11.9. The van der Waals surface area contributed by atoms with E-state index in [1.54, 1.807) is 25.4 Å². The van der Waals surface area contributed by atoms with Gasteiger partial charge >= 0.3 is 6.36 Å². The van der Waals surface area contributed by atoms with E-state index in [9.17, 15) is 13.2 Å². The van der Waals surface area contributed by atoms with Crippen molar-refractivity contribution in [3.63, 3.8) is 0 Å². The van der Waals surface area contributed by atoms with Crippen LogP contribution in [0.1, 0.15) is 16.8 Å². The number of aromatic nitrogens is 1. The van der Waals surface area contributed by atoms with Gasteiger partial charge in [-0.25, -0.2) is 0 Å². The highest BCUT2D eigenvalue weighted by atomic mass is 127. The number of nitrogens with one attached hydrogen (secondary N) is 2. The van der Waals surface area contributed by atoms with Crippen molar-refractivity contribution >= 4 is 29.9 Å². The van der Waals surface area contributed by atoms with Crippen LogP contribution in [0.15, 0.2) is 47.6 Å². The molecule has 2 N–H and O–H groups in total. The molecule has 0 saturated heterocycles. The summed E-state index contributed by atoms with van der Waals surface area (Å²) in [5.74, 6) is 0.213. The van der Waals surface area contributed by atoms with Crippen LogP contribution in [0.3, 0.4) is 0 Å². The first kappa shape index (κ1) is 22.0. The Bertz CT molecular complexity index is 738. The number of hydrogen-bond donors (Lipinski definition) is 2. The molecule has 0 unspecified atom stereocenters. The fraction of sp³-hybridized carbons (Fsp3) is 0.294. The Morgan fingerprint density at radius 2 is 1.81 bits per heavy atom. The van der Waals surface area contributed by atoms with Crippen molar-refractivity contribution < 1.29 is 17.9 Å². The predicted molar refractivity (Wildman–Crippen MR) is 105 cm³/mol. The summed E-state index contributed by atoms with van der Waals surface area (Å²) in [7, 11) is 1.58. The minimum atomic E-state index is -4.73. The smallest absolute Gasteiger partial charge is 0.405 e. The van der Waals surface area contributed by atoms with Gasteiger partial charge in [0.2, 0.25) is 0 Å². The van der Waals surface area contributed by atoms with Crippen LogP contribution in [-0.2, 0) is 13.1 Å². The molecule has 26 heavy (non-hydrogen) atoms. The fourth-order valence-corrected chi connectivity index (χ4v) is 2.14. The van der Waals surface area contributed by atoms with Crippen LogP contribution >= 0.6 is 24.0 Å². The minimum absolute atomic E-state index is 0. The van der Waals surface area contributed by atoms with Gasteiger partial charge in [0.15, 0.2) is 5.96 Å². The van der Waals surface area contributed by atoms with Gasteiger partial charge in [-0.3, -0.25) is 9.98 Å². The largest absolute Gasteiger partial charge is 0.573 e. The van der Waals surface area contributed by atoms with E-state index < -0.39 is 6.36 Å². The number of aryl methyl sites for hydroxylation is 1. The molecule has 5 nitrogen and oxygen atoms in total. The van der Waals surface area contributed by atoms with E-state index in [2.05, 4.69) is 25.3 Å². The molecule has 0 amide bonds. The third-order valence-corrected chi connectivity index (χ3v) is 3.41. The zero-order valence-corrected chi connectivity index (χ0v) is 16.6. The zero-order valence-electron chi connectivity index (χ0n) is 14.3. The molecular weight excluding hydrogens is 460 g/mol. The number of rotatable bonds is 5. The standard InChI is InChI=1S/C17H19F3N4O.HI/c1-12-6-5-9-22-14(12)11-24-16(21-2)23-10-13-7-3-4-8-15(13)25-17(18,19)20;/h3-9H,10-11H2,1-2H3,(H2,21,23,24);1H. The van der Waals surface area contributed by atoms with Crippen LogP contribution in [0.5, 0.6) is 5.75 Å². The number of aliphatic imine (C=N–C) groups is 1. The summed E-state index contributed by atoms with van der Waals surface area (Å²) in [4.78, 5) is 8.32. The molecule has 0 radical (unpaired) electrons. The van der Waals surface area contributed by atoms with E-state index >= 15 is 0 Å². The lowest BCUT2D eigenvalue weighted by Crippen LogP contribution is -2.36. The van der Waals surface area contributed by atoms with Gasteiger partial charge in [0.25, 0.3) is 0 Å². The van der Waals surface area contributed by atoms with Crippen molar-refractivity contribution in [3.05, 3.63) is 59.4 Å². The highest BCUT2D eigenvalue weighted by molar-refractivity contribution is 14.0. The monoisotopic (exact) mass is 480 g/mol. The second-order valence-electron chi connectivity index (χ2n) is 5.20. The maximum atomic E-state index is 12.4. The highest BCUT2D eigenvalue weighted by Gasteiger charge is 2.31. The summed E-state index contributed by atoms with van der Waals surface area (Å²) in [6.07, 6.45) is -3.03. The summed E-state index contributed by atoms with van der Waals surface area (Å²) in [6.45, 7) is 2.53. The summed E-state index contributed by atoms with van der Waals surface area (Å²) in [5.41, 5.74) is 2.28. The molecule has 0 aliphatic rings. The highest BCUT2D eigenvalue weighted by Crippen LogP contribution is 2.26. The van der Waals surface area contributed by atoms with Crippen LogP contribution in [0, 0.1) is 6.92 Å². The zero-order chi connectivity index (χ0) is 18.3. The average Bonchev–Trinajstić information content (AvgIpc) is 2.56. The van der Waals surface area contributed by atoms with Crippen molar-refractivity contribution in [2.24, 2.45) is 4.99 Å². The number of nitrogens with zero attached hydrogens (tertiary/aromatic N) is 2. The van der Waals surface area contributed by atoms with Crippen molar-refractivity contribution in [2.45, 2.75) is 26.4 Å². The summed E-state index contributed by atoms with van der Waals surface area (Å²) >= 11 is 0. The van der Waals surface area contributed by atoms with Crippen molar-refractivity contribution in [3.8, 4) is 5.75 Å². The molecular formula is C17H20F3IN4O. The Kier molecular flexibility index (Phi) is 8.62. The summed E-state index contributed by atoms with van der Waals surface area (Å²) in [5, 5.41) is 6.04. The third-order valence-electron chi connectivity index (χ3n) is 3.41. The van der Waals surface area contributed by atoms with Gasteiger partial charge in [-0.2, -0.15) is 0 Å². The summed E-state index contributed by atoms with van der Waals surface area (Å²) in [6, 6.07) is 9.77. The molecule has 1 heterocycles. The lowest BCUT2D eigenvalue weighted by atomic mass is 10.2. The fourth-order valence-electron chi connectivity index (χ4n) is 2.14. The SMILES string of the molecule is CN=C(NCc1ccccc1OC(F)(F)F)NCc1ncccc1C.I. The third kappa shape index (κ3) is 7.06. The molecule has 0 atom stereocenters. The van der Waals surface area contributed by atoms with Crippen molar-refractivity contribution in [1.29, 1.82) is 0 Å².